The molecule has 0 radical (unpaired) electrons. The number of carbonyl (C=O) groups excluding carboxylic acids is 1. The quantitative estimate of drug-likeness (QED) is 0.0204. The minimum Gasteiger partial charge on any atom is -0.394 e. The van der Waals surface area contributed by atoms with E-state index < -0.39 is 86.8 Å². The van der Waals surface area contributed by atoms with Gasteiger partial charge in [0.15, 0.2) is 12.6 Å². The lowest BCUT2D eigenvalue weighted by atomic mass is 9.97. The van der Waals surface area contributed by atoms with E-state index in [0.29, 0.717) is 12.8 Å². The standard InChI is InChI=1S/C83H157NO13/c1-3-5-7-9-11-13-15-17-19-21-23-25-27-29-31-33-35-36-37-38-40-42-44-46-48-50-52-54-56-58-60-62-64-66-72(87)71(70-94-82-80(93)78(91)81(74(69-86)96-82)97-83-79(92)77(90)76(89)73(68-85)95-83)84-75(88)67-65-63-61-59-57-55-53-51-49-47-45-43-41-39-34-32-30-28-26-24-22-20-18-16-14-12-10-8-6-4-2/h48,50,56,58,64,66,71-74,76-83,85-87,89-93H,3-47,49,51-55,57,59-63,65,67-70H2,1-2H3,(H,84,88)/b50-48+,58-56+,66-64+. The fourth-order valence-corrected chi connectivity index (χ4v) is 14.0. The smallest absolute Gasteiger partial charge is 0.220 e. The van der Waals surface area contributed by atoms with Gasteiger partial charge in [-0.25, -0.2) is 0 Å². The summed E-state index contributed by atoms with van der Waals surface area (Å²) >= 11 is 0. The fraction of sp³-hybridized carbons (Fsp3) is 0.916. The maximum Gasteiger partial charge on any atom is 0.220 e. The van der Waals surface area contributed by atoms with Crippen LogP contribution in [0, 0.1) is 0 Å². The maximum absolute atomic E-state index is 13.4. The summed E-state index contributed by atoms with van der Waals surface area (Å²) in [6.45, 7) is 2.85. The second kappa shape index (κ2) is 67.4. The van der Waals surface area contributed by atoms with Crippen molar-refractivity contribution < 1.29 is 64.6 Å². The number of carbonyl (C=O) groups is 1. The third kappa shape index (κ3) is 50.3. The highest BCUT2D eigenvalue weighted by molar-refractivity contribution is 5.76. The van der Waals surface area contributed by atoms with E-state index in [0.717, 1.165) is 44.9 Å². The molecule has 12 atom stereocenters. The highest BCUT2D eigenvalue weighted by Gasteiger charge is 2.51. The zero-order valence-electron chi connectivity index (χ0n) is 62.9. The average molecular weight is 1380 g/mol. The van der Waals surface area contributed by atoms with E-state index in [4.69, 9.17) is 18.9 Å². The Morgan fingerprint density at radius 3 is 1.01 bits per heavy atom. The molecule has 0 spiro atoms. The lowest BCUT2D eigenvalue weighted by Gasteiger charge is -2.46. The molecule has 2 rings (SSSR count). The maximum atomic E-state index is 13.4. The summed E-state index contributed by atoms with van der Waals surface area (Å²) in [5.41, 5.74) is 0. The predicted octanol–water partition coefficient (Wildman–Crippen LogP) is 19.2. The minimum absolute atomic E-state index is 0.245. The van der Waals surface area contributed by atoms with Crippen molar-refractivity contribution >= 4 is 5.91 Å². The van der Waals surface area contributed by atoms with Crippen LogP contribution in [0.5, 0.6) is 0 Å². The van der Waals surface area contributed by atoms with Crippen LogP contribution >= 0.6 is 0 Å². The van der Waals surface area contributed by atoms with Gasteiger partial charge < -0.3 is 65.1 Å². The number of hydrogen-bond acceptors (Lipinski definition) is 13. The molecular weight excluding hydrogens is 1220 g/mol. The predicted molar refractivity (Wildman–Crippen MR) is 401 cm³/mol. The van der Waals surface area contributed by atoms with Crippen molar-refractivity contribution in [3.05, 3.63) is 36.5 Å². The summed E-state index contributed by atoms with van der Waals surface area (Å²) < 4.78 is 22.9. The second-order valence-corrected chi connectivity index (χ2v) is 29.6. The van der Waals surface area contributed by atoms with Crippen LogP contribution in [0.3, 0.4) is 0 Å². The topological polar surface area (TPSA) is 228 Å². The van der Waals surface area contributed by atoms with E-state index in [1.165, 1.54) is 315 Å². The Balaban J connectivity index is 1.62. The Kier molecular flexibility index (Phi) is 63.4. The number of hydrogen-bond donors (Lipinski definition) is 9. The third-order valence-electron chi connectivity index (χ3n) is 20.6. The van der Waals surface area contributed by atoms with Gasteiger partial charge in [0, 0.05) is 6.42 Å². The van der Waals surface area contributed by atoms with Crippen LogP contribution in [0.15, 0.2) is 36.5 Å². The van der Waals surface area contributed by atoms with Crippen LogP contribution in [0.25, 0.3) is 0 Å². The molecule has 9 N–H and O–H groups in total. The van der Waals surface area contributed by atoms with Crippen LogP contribution in [-0.2, 0) is 23.7 Å². The summed E-state index contributed by atoms with van der Waals surface area (Å²) in [6.07, 6.45) is 72.5. The Labute approximate surface area is 595 Å². The van der Waals surface area contributed by atoms with Crippen LogP contribution in [0.1, 0.15) is 393 Å². The number of allylic oxidation sites excluding steroid dienone is 5. The molecular formula is C83H157NO13. The van der Waals surface area contributed by atoms with Gasteiger partial charge >= 0.3 is 0 Å². The van der Waals surface area contributed by atoms with E-state index in [1.807, 2.05) is 6.08 Å². The summed E-state index contributed by atoms with van der Waals surface area (Å²) in [4.78, 5) is 13.4. The van der Waals surface area contributed by atoms with Crippen molar-refractivity contribution in [1.29, 1.82) is 0 Å². The SMILES string of the molecule is CCCCCCCCCCCCCCCCCCCCCCCCC/C=C/CC/C=C/CC/C=C/C(O)C(COC1OC(CO)C(OC2OC(CO)C(O)C(O)C2O)C(O)C1O)NC(=O)CCCCCCCCCCCCCCCCCCCCCCCCCCCCCCCC. The van der Waals surface area contributed by atoms with Gasteiger partial charge in [0.2, 0.25) is 5.91 Å². The second-order valence-electron chi connectivity index (χ2n) is 29.6. The zero-order valence-corrected chi connectivity index (χ0v) is 62.9. The molecule has 97 heavy (non-hydrogen) atoms. The normalized spacial score (nSPS) is 22.2. The van der Waals surface area contributed by atoms with E-state index in [2.05, 4.69) is 43.5 Å². The lowest BCUT2D eigenvalue weighted by Crippen LogP contribution is -2.65. The molecule has 0 bridgehead atoms. The molecule has 0 aromatic rings. The van der Waals surface area contributed by atoms with Crippen molar-refractivity contribution in [2.45, 2.75) is 466 Å². The molecule has 2 aliphatic heterocycles. The average Bonchev–Trinajstić information content (AvgIpc) is 0.794. The first kappa shape index (κ1) is 91.3. The van der Waals surface area contributed by atoms with Crippen molar-refractivity contribution in [3.63, 3.8) is 0 Å². The van der Waals surface area contributed by atoms with Crippen molar-refractivity contribution in [3.8, 4) is 0 Å². The molecule has 0 aromatic carbocycles. The monoisotopic (exact) mass is 1380 g/mol. The molecule has 0 saturated carbocycles. The number of aliphatic hydroxyl groups excluding tert-OH is 8. The van der Waals surface area contributed by atoms with Gasteiger partial charge in [0.05, 0.1) is 32.0 Å². The Bertz CT molecular complexity index is 1770. The van der Waals surface area contributed by atoms with Crippen LogP contribution in [0.2, 0.25) is 0 Å². The first-order valence-corrected chi connectivity index (χ1v) is 41.7. The largest absolute Gasteiger partial charge is 0.394 e. The van der Waals surface area contributed by atoms with Gasteiger partial charge in [-0.1, -0.05) is 378 Å². The van der Waals surface area contributed by atoms with Gasteiger partial charge in [0.1, 0.15) is 48.8 Å². The Morgan fingerprint density at radius 2 is 0.660 bits per heavy atom. The molecule has 2 saturated heterocycles. The Hall–Kier alpha value is -1.79. The van der Waals surface area contributed by atoms with Gasteiger partial charge in [-0.3, -0.25) is 4.79 Å². The summed E-state index contributed by atoms with van der Waals surface area (Å²) in [5.74, 6) is -0.245. The molecule has 14 heteroatoms. The molecule has 0 aliphatic carbocycles. The number of ether oxygens (including phenoxy) is 4. The lowest BCUT2D eigenvalue weighted by molar-refractivity contribution is -0.359. The molecule has 2 aliphatic rings. The number of aliphatic hydroxyl groups is 8. The van der Waals surface area contributed by atoms with Gasteiger partial charge in [-0.05, 0) is 44.9 Å². The molecule has 14 nitrogen and oxygen atoms in total. The van der Waals surface area contributed by atoms with Gasteiger partial charge in [0.25, 0.3) is 0 Å². The summed E-state index contributed by atoms with van der Waals surface area (Å²) in [6, 6.07) is -0.938. The first-order chi connectivity index (χ1) is 47.6. The molecule has 2 fully saturated rings. The number of rotatable bonds is 71. The highest BCUT2D eigenvalue weighted by atomic mass is 16.7. The van der Waals surface area contributed by atoms with Crippen LogP contribution in [-0.4, -0.2) is 140 Å². The van der Waals surface area contributed by atoms with E-state index in [1.54, 1.807) is 6.08 Å². The summed E-state index contributed by atoms with van der Waals surface area (Å²) in [7, 11) is 0. The van der Waals surface area contributed by atoms with Crippen LogP contribution in [0.4, 0.5) is 0 Å². The van der Waals surface area contributed by atoms with Crippen molar-refractivity contribution in [2.75, 3.05) is 19.8 Å². The van der Waals surface area contributed by atoms with Gasteiger partial charge in [-0.15, -0.1) is 0 Å². The number of amides is 1. The molecule has 2 heterocycles. The summed E-state index contributed by atoms with van der Waals surface area (Å²) in [5, 5.41) is 87.7. The molecule has 12 unspecified atom stereocenters. The fourth-order valence-electron chi connectivity index (χ4n) is 14.0. The zero-order chi connectivity index (χ0) is 70.1. The van der Waals surface area contributed by atoms with E-state index >= 15 is 0 Å². The van der Waals surface area contributed by atoms with Gasteiger partial charge in [-0.2, -0.15) is 0 Å². The van der Waals surface area contributed by atoms with Crippen LogP contribution < -0.4 is 5.32 Å². The third-order valence-corrected chi connectivity index (χ3v) is 20.6. The van der Waals surface area contributed by atoms with E-state index in [9.17, 15) is 45.6 Å². The van der Waals surface area contributed by atoms with Crippen molar-refractivity contribution in [2.24, 2.45) is 0 Å². The minimum atomic E-state index is -1.79. The highest BCUT2D eigenvalue weighted by Crippen LogP contribution is 2.30. The number of nitrogens with one attached hydrogen (secondary N) is 1. The first-order valence-electron chi connectivity index (χ1n) is 41.7. The Morgan fingerprint density at radius 1 is 0.361 bits per heavy atom. The van der Waals surface area contributed by atoms with E-state index in [-0.39, 0.29) is 18.9 Å². The van der Waals surface area contributed by atoms with Crippen molar-refractivity contribution in [1.82, 2.24) is 5.32 Å². The molecule has 572 valence electrons. The molecule has 1 amide bonds. The molecule has 0 aromatic heterocycles. The number of unbranched alkanes of at least 4 members (excludes halogenated alkanes) is 54.